The van der Waals surface area contributed by atoms with Crippen molar-refractivity contribution in [2.45, 2.75) is 6.92 Å². The van der Waals surface area contributed by atoms with Crippen LogP contribution in [0.15, 0.2) is 41.5 Å². The van der Waals surface area contributed by atoms with Crippen molar-refractivity contribution in [1.29, 1.82) is 0 Å². The number of nitrogens with zero attached hydrogens (tertiary/aromatic N) is 2. The van der Waals surface area contributed by atoms with Gasteiger partial charge in [0.2, 0.25) is 0 Å². The molecule has 9 heteroatoms. The van der Waals surface area contributed by atoms with E-state index in [1.54, 1.807) is 30.5 Å². The first-order valence-corrected chi connectivity index (χ1v) is 8.40. The van der Waals surface area contributed by atoms with Gasteiger partial charge in [0.25, 0.3) is 5.56 Å². The van der Waals surface area contributed by atoms with Crippen LogP contribution in [0.3, 0.4) is 0 Å². The lowest BCUT2D eigenvalue weighted by Crippen LogP contribution is -2.17. The number of esters is 1. The van der Waals surface area contributed by atoms with Gasteiger partial charge in [0, 0.05) is 18.0 Å². The summed E-state index contributed by atoms with van der Waals surface area (Å²) in [4.78, 5) is 34.5. The number of hydrogen-bond donors (Lipinski definition) is 3. The number of methoxy groups -OCH3 is 1. The second-order valence-corrected chi connectivity index (χ2v) is 5.81. The van der Waals surface area contributed by atoms with Gasteiger partial charge >= 0.3 is 5.97 Å². The van der Waals surface area contributed by atoms with E-state index < -0.39 is 11.5 Å². The molecule has 0 unspecified atom stereocenters. The predicted molar refractivity (Wildman–Crippen MR) is 105 cm³/mol. The van der Waals surface area contributed by atoms with Crippen LogP contribution in [0.1, 0.15) is 17.3 Å². The molecule has 28 heavy (non-hydrogen) atoms. The quantitative estimate of drug-likeness (QED) is 0.567. The van der Waals surface area contributed by atoms with Crippen molar-refractivity contribution in [1.82, 2.24) is 15.0 Å². The van der Waals surface area contributed by atoms with Gasteiger partial charge in [-0.3, -0.25) is 9.78 Å². The molecule has 2 heterocycles. The highest BCUT2D eigenvalue weighted by Gasteiger charge is 2.15. The lowest BCUT2D eigenvalue weighted by atomic mass is 10.0. The van der Waals surface area contributed by atoms with Crippen molar-refractivity contribution in [3.05, 3.63) is 52.6 Å². The number of carbonyl (C=O) groups excluding carboxylic acids is 1. The SMILES string of the molecule is CCOc1cc(-c2cncc(C(=O)OC)c2)ccc1-c1nc(N)c(N)c(=O)[nH]1. The van der Waals surface area contributed by atoms with Gasteiger partial charge in [0.15, 0.2) is 5.82 Å². The van der Waals surface area contributed by atoms with E-state index in [9.17, 15) is 9.59 Å². The van der Waals surface area contributed by atoms with Gasteiger partial charge in [-0.25, -0.2) is 9.78 Å². The molecule has 1 aromatic carbocycles. The van der Waals surface area contributed by atoms with Crippen LogP contribution in [0.25, 0.3) is 22.5 Å². The molecule has 3 rings (SSSR count). The molecule has 5 N–H and O–H groups in total. The number of carbonyl (C=O) groups is 1. The summed E-state index contributed by atoms with van der Waals surface area (Å²) in [5.74, 6) is 0.194. The number of rotatable bonds is 5. The molecule has 0 atom stereocenters. The van der Waals surface area contributed by atoms with E-state index in [0.717, 1.165) is 5.56 Å². The van der Waals surface area contributed by atoms with E-state index in [-0.39, 0.29) is 17.3 Å². The van der Waals surface area contributed by atoms with Gasteiger partial charge in [-0.15, -0.1) is 0 Å². The van der Waals surface area contributed by atoms with Crippen LogP contribution in [0.5, 0.6) is 5.75 Å². The average molecular weight is 381 g/mol. The van der Waals surface area contributed by atoms with Gasteiger partial charge < -0.3 is 25.9 Å². The molecule has 0 spiro atoms. The standard InChI is InChI=1S/C19H19N5O4/c1-3-28-14-7-10(11-6-12(9-22-8-11)19(26)27-2)4-5-13(14)17-23-16(21)15(20)18(25)24-17/h4-9H,3,20H2,1-2H3,(H3,21,23,24,25). The summed E-state index contributed by atoms with van der Waals surface area (Å²) in [6.45, 7) is 2.23. The van der Waals surface area contributed by atoms with Gasteiger partial charge in [-0.1, -0.05) is 6.07 Å². The number of benzene rings is 1. The van der Waals surface area contributed by atoms with Crippen LogP contribution < -0.4 is 21.8 Å². The number of nitrogen functional groups attached to an aromatic ring is 2. The molecule has 0 fully saturated rings. The second kappa shape index (κ2) is 7.78. The number of anilines is 2. The van der Waals surface area contributed by atoms with Crippen molar-refractivity contribution in [3.8, 4) is 28.3 Å². The zero-order valence-electron chi connectivity index (χ0n) is 15.4. The fourth-order valence-corrected chi connectivity index (χ4v) is 2.63. The number of aromatic nitrogens is 3. The van der Waals surface area contributed by atoms with Crippen molar-refractivity contribution in [2.24, 2.45) is 0 Å². The maximum atomic E-state index is 11.9. The van der Waals surface area contributed by atoms with Crippen molar-refractivity contribution in [3.63, 3.8) is 0 Å². The number of aromatic amines is 1. The molecular weight excluding hydrogens is 362 g/mol. The molecule has 2 aromatic heterocycles. The second-order valence-electron chi connectivity index (χ2n) is 5.81. The number of pyridine rings is 1. The summed E-state index contributed by atoms with van der Waals surface area (Å²) in [6, 6.07) is 6.97. The van der Waals surface area contributed by atoms with Crippen LogP contribution in [-0.2, 0) is 4.74 Å². The fourth-order valence-electron chi connectivity index (χ4n) is 2.63. The number of hydrogen-bond acceptors (Lipinski definition) is 8. The first-order chi connectivity index (χ1) is 13.4. The number of H-pyrrole nitrogens is 1. The number of nitrogens with two attached hydrogens (primary N) is 2. The van der Waals surface area contributed by atoms with Crippen LogP contribution in [-0.4, -0.2) is 34.6 Å². The Morgan fingerprint density at radius 3 is 2.64 bits per heavy atom. The highest BCUT2D eigenvalue weighted by molar-refractivity contribution is 5.90. The van der Waals surface area contributed by atoms with E-state index in [1.165, 1.54) is 13.3 Å². The number of nitrogens with one attached hydrogen (secondary N) is 1. The molecule has 0 aliphatic heterocycles. The lowest BCUT2D eigenvalue weighted by molar-refractivity contribution is 0.0600. The van der Waals surface area contributed by atoms with Gasteiger partial charge in [-0.2, -0.15) is 0 Å². The highest BCUT2D eigenvalue weighted by Crippen LogP contribution is 2.33. The summed E-state index contributed by atoms with van der Waals surface area (Å²) in [5.41, 5.74) is 13.0. The zero-order chi connectivity index (χ0) is 20.3. The largest absolute Gasteiger partial charge is 0.493 e. The summed E-state index contributed by atoms with van der Waals surface area (Å²) in [5, 5.41) is 0. The smallest absolute Gasteiger partial charge is 0.339 e. The minimum absolute atomic E-state index is 0.0553. The maximum Gasteiger partial charge on any atom is 0.339 e. The van der Waals surface area contributed by atoms with Crippen LogP contribution in [0.4, 0.5) is 11.5 Å². The predicted octanol–water partition coefficient (Wildman–Crippen LogP) is 1.85. The van der Waals surface area contributed by atoms with Gasteiger partial charge in [0.1, 0.15) is 17.3 Å². The van der Waals surface area contributed by atoms with Crippen LogP contribution in [0, 0.1) is 0 Å². The maximum absolute atomic E-state index is 11.9. The third-order valence-corrected chi connectivity index (χ3v) is 4.01. The molecule has 0 aliphatic rings. The van der Waals surface area contributed by atoms with E-state index in [2.05, 4.69) is 15.0 Å². The highest BCUT2D eigenvalue weighted by atomic mass is 16.5. The summed E-state index contributed by atoms with van der Waals surface area (Å²) >= 11 is 0. The molecule has 0 amide bonds. The van der Waals surface area contributed by atoms with Crippen molar-refractivity contribution < 1.29 is 14.3 Å². The Hall–Kier alpha value is -3.88. The minimum Gasteiger partial charge on any atom is -0.493 e. The Kier molecular flexibility index (Phi) is 5.25. The van der Waals surface area contributed by atoms with E-state index in [4.69, 9.17) is 20.9 Å². The minimum atomic E-state index is -0.524. The summed E-state index contributed by atoms with van der Waals surface area (Å²) in [6.07, 6.45) is 3.05. The molecular formula is C19H19N5O4. The summed E-state index contributed by atoms with van der Waals surface area (Å²) < 4.78 is 10.4. The molecule has 0 bridgehead atoms. The fraction of sp³-hybridized carbons (Fsp3) is 0.158. The molecule has 0 radical (unpaired) electrons. The number of ether oxygens (including phenoxy) is 2. The summed E-state index contributed by atoms with van der Waals surface area (Å²) in [7, 11) is 1.31. The normalized spacial score (nSPS) is 10.5. The molecule has 0 aliphatic carbocycles. The third-order valence-electron chi connectivity index (χ3n) is 4.01. The van der Waals surface area contributed by atoms with Crippen molar-refractivity contribution >= 4 is 17.5 Å². The van der Waals surface area contributed by atoms with E-state index in [0.29, 0.717) is 29.0 Å². The average Bonchev–Trinajstić information content (AvgIpc) is 2.71. The van der Waals surface area contributed by atoms with E-state index >= 15 is 0 Å². The Balaban J connectivity index is 2.10. The molecule has 9 nitrogen and oxygen atoms in total. The first kappa shape index (κ1) is 18.9. The molecule has 0 saturated carbocycles. The first-order valence-electron chi connectivity index (χ1n) is 8.40. The zero-order valence-corrected chi connectivity index (χ0v) is 15.4. The van der Waals surface area contributed by atoms with Crippen LogP contribution in [0.2, 0.25) is 0 Å². The Morgan fingerprint density at radius 1 is 1.18 bits per heavy atom. The van der Waals surface area contributed by atoms with Crippen molar-refractivity contribution in [2.75, 3.05) is 25.2 Å². The topological polar surface area (TPSA) is 146 Å². The van der Waals surface area contributed by atoms with Gasteiger partial charge in [0.05, 0.1) is 24.8 Å². The Bertz CT molecular complexity index is 1090. The van der Waals surface area contributed by atoms with E-state index in [1.807, 2.05) is 6.92 Å². The molecule has 144 valence electrons. The van der Waals surface area contributed by atoms with Crippen LogP contribution >= 0.6 is 0 Å². The molecule has 3 aromatic rings. The van der Waals surface area contributed by atoms with Gasteiger partial charge in [-0.05, 0) is 30.7 Å². The Morgan fingerprint density at radius 2 is 1.96 bits per heavy atom. The molecule has 0 saturated heterocycles. The third kappa shape index (κ3) is 3.63. The monoisotopic (exact) mass is 381 g/mol. The lowest BCUT2D eigenvalue weighted by Gasteiger charge is -2.13. The Labute approximate surface area is 160 Å².